The summed E-state index contributed by atoms with van der Waals surface area (Å²) in [6, 6.07) is 10.3. The van der Waals surface area contributed by atoms with Crippen LogP contribution in [0, 0.1) is 0 Å². The molecule has 0 N–H and O–H groups in total. The summed E-state index contributed by atoms with van der Waals surface area (Å²) in [6.07, 6.45) is 8.00. The molecule has 0 aromatic heterocycles. The molecule has 1 unspecified atom stereocenters. The molecule has 0 amide bonds. The van der Waals surface area contributed by atoms with Gasteiger partial charge in [0.25, 0.3) is 0 Å². The Bertz CT molecular complexity index is 549. The van der Waals surface area contributed by atoms with Gasteiger partial charge in [0.15, 0.2) is 0 Å². The van der Waals surface area contributed by atoms with E-state index in [9.17, 15) is 0 Å². The molecule has 0 bridgehead atoms. The number of benzene rings is 1. The first-order valence-electron chi connectivity index (χ1n) is 6.69. The molecular formula is C16H17B2NS. The lowest BCUT2D eigenvalue weighted by Crippen LogP contribution is -2.24. The summed E-state index contributed by atoms with van der Waals surface area (Å²) in [5, 5.41) is 0. The molecule has 0 aliphatic heterocycles. The predicted molar refractivity (Wildman–Crippen MR) is 92.5 cm³/mol. The minimum absolute atomic E-state index is 0.135. The molecule has 1 aliphatic carbocycles. The Morgan fingerprint density at radius 3 is 2.55 bits per heavy atom. The van der Waals surface area contributed by atoms with E-state index in [0.29, 0.717) is 0 Å². The van der Waals surface area contributed by atoms with Gasteiger partial charge in [0.05, 0.1) is 7.85 Å². The van der Waals surface area contributed by atoms with Gasteiger partial charge in [0.1, 0.15) is 7.85 Å². The van der Waals surface area contributed by atoms with E-state index in [-0.39, 0.29) is 5.82 Å². The maximum atomic E-state index is 6.28. The molecule has 1 atom stereocenters. The van der Waals surface area contributed by atoms with Crippen molar-refractivity contribution < 1.29 is 0 Å². The topological polar surface area (TPSA) is 3.24 Å². The van der Waals surface area contributed by atoms with Crippen molar-refractivity contribution >= 4 is 33.1 Å². The van der Waals surface area contributed by atoms with Crippen molar-refractivity contribution in [3.05, 3.63) is 64.6 Å². The van der Waals surface area contributed by atoms with E-state index in [2.05, 4.69) is 36.3 Å². The Labute approximate surface area is 128 Å². The van der Waals surface area contributed by atoms with Crippen molar-refractivity contribution in [1.29, 1.82) is 0 Å². The third-order valence-corrected chi connectivity index (χ3v) is 3.99. The Morgan fingerprint density at radius 2 is 1.95 bits per heavy atom. The Hall–Kier alpha value is -1.28. The highest BCUT2D eigenvalue weighted by Gasteiger charge is 2.17. The van der Waals surface area contributed by atoms with Crippen molar-refractivity contribution in [3.8, 4) is 0 Å². The Kier molecular flexibility index (Phi) is 5.24. The van der Waals surface area contributed by atoms with E-state index in [1.807, 2.05) is 30.4 Å². The van der Waals surface area contributed by atoms with Crippen molar-refractivity contribution in [2.24, 2.45) is 0 Å². The third kappa shape index (κ3) is 3.24. The van der Waals surface area contributed by atoms with Gasteiger partial charge in [-0.2, -0.15) is 0 Å². The van der Waals surface area contributed by atoms with E-state index in [4.69, 9.17) is 15.7 Å². The average molecular weight is 277 g/mol. The fourth-order valence-corrected chi connectivity index (χ4v) is 2.93. The van der Waals surface area contributed by atoms with Crippen LogP contribution >= 0.6 is 11.8 Å². The van der Waals surface area contributed by atoms with Crippen LogP contribution in [0.15, 0.2) is 64.6 Å². The first kappa shape index (κ1) is 15.1. The van der Waals surface area contributed by atoms with Gasteiger partial charge >= 0.3 is 0 Å². The van der Waals surface area contributed by atoms with Crippen molar-refractivity contribution in [2.45, 2.75) is 12.7 Å². The van der Waals surface area contributed by atoms with Crippen LogP contribution in [0.2, 0.25) is 5.82 Å². The number of rotatable bonds is 4. The zero-order chi connectivity index (χ0) is 14.5. The molecule has 0 saturated heterocycles. The highest BCUT2D eigenvalue weighted by molar-refractivity contribution is 8.02. The lowest BCUT2D eigenvalue weighted by atomic mass is 9.81. The van der Waals surface area contributed by atoms with Crippen LogP contribution in [0.5, 0.6) is 0 Å². The second kappa shape index (κ2) is 6.94. The number of likely N-dealkylation sites (N-methyl/N-ethyl adjacent to an activating group) is 1. The standard InChI is InChI=1S/C16H17B2NS/c1-3-19(13-7-5-4-6-8-13)16-14(18)11-12(17)9-10-15(16)20-2/h4-12H,3H2,1-2H3. The van der Waals surface area contributed by atoms with Gasteiger partial charge in [-0.25, -0.2) is 0 Å². The summed E-state index contributed by atoms with van der Waals surface area (Å²) in [7, 11) is 12.3. The van der Waals surface area contributed by atoms with E-state index < -0.39 is 0 Å². The van der Waals surface area contributed by atoms with Gasteiger partial charge in [-0.1, -0.05) is 41.9 Å². The molecule has 2 rings (SSSR count). The van der Waals surface area contributed by atoms with E-state index >= 15 is 0 Å². The molecule has 0 saturated carbocycles. The van der Waals surface area contributed by atoms with Gasteiger partial charge in [-0.05, 0) is 31.1 Å². The van der Waals surface area contributed by atoms with Gasteiger partial charge in [-0.3, -0.25) is 0 Å². The SMILES string of the molecule is [B]C1=CC([B])C=CC(SC)=C1N(CC)c1ccccc1. The maximum Gasteiger partial charge on any atom is 0.116 e. The predicted octanol–water partition coefficient (Wildman–Crippen LogP) is 3.67. The fourth-order valence-electron chi connectivity index (χ4n) is 2.29. The van der Waals surface area contributed by atoms with Crippen LogP contribution in [0.25, 0.3) is 0 Å². The molecule has 1 nitrogen and oxygen atoms in total. The molecule has 0 heterocycles. The molecule has 1 aromatic carbocycles. The molecule has 1 aromatic rings. The first-order chi connectivity index (χ1) is 9.67. The monoisotopic (exact) mass is 277 g/mol. The van der Waals surface area contributed by atoms with Crippen LogP contribution in [-0.4, -0.2) is 28.5 Å². The van der Waals surface area contributed by atoms with E-state index in [1.165, 1.54) is 0 Å². The van der Waals surface area contributed by atoms with Crippen LogP contribution in [-0.2, 0) is 0 Å². The van der Waals surface area contributed by atoms with E-state index in [0.717, 1.165) is 28.3 Å². The van der Waals surface area contributed by atoms with Crippen LogP contribution in [0.4, 0.5) is 5.69 Å². The second-order valence-corrected chi connectivity index (χ2v) is 5.40. The number of para-hydroxylation sites is 1. The van der Waals surface area contributed by atoms with Gasteiger partial charge < -0.3 is 4.90 Å². The quantitative estimate of drug-likeness (QED) is 0.772. The molecule has 20 heavy (non-hydrogen) atoms. The molecule has 0 fully saturated rings. The van der Waals surface area contributed by atoms with Crippen LogP contribution in [0.3, 0.4) is 0 Å². The number of anilines is 1. The smallest absolute Gasteiger partial charge is 0.116 e. The first-order valence-corrected chi connectivity index (χ1v) is 7.92. The number of thioether (sulfide) groups is 1. The minimum atomic E-state index is -0.135. The Balaban J connectivity index is 2.52. The van der Waals surface area contributed by atoms with Gasteiger partial charge in [0, 0.05) is 22.8 Å². The molecule has 98 valence electrons. The van der Waals surface area contributed by atoms with Crippen LogP contribution < -0.4 is 4.90 Å². The fraction of sp³-hybridized carbons (Fsp3) is 0.250. The summed E-state index contributed by atoms with van der Waals surface area (Å²) in [5.74, 6) is -0.135. The molecule has 1 aliphatic rings. The maximum absolute atomic E-state index is 6.28. The molecule has 4 heteroatoms. The van der Waals surface area contributed by atoms with E-state index in [1.54, 1.807) is 11.8 Å². The number of nitrogens with zero attached hydrogens (tertiary/aromatic N) is 1. The Morgan fingerprint density at radius 1 is 1.25 bits per heavy atom. The second-order valence-electron chi connectivity index (χ2n) is 4.56. The summed E-state index contributed by atoms with van der Waals surface area (Å²) in [5.41, 5.74) is 2.91. The largest absolute Gasteiger partial charge is 0.341 e. The lowest BCUT2D eigenvalue weighted by Gasteiger charge is -2.29. The summed E-state index contributed by atoms with van der Waals surface area (Å²) >= 11 is 1.69. The average Bonchev–Trinajstić information content (AvgIpc) is 2.60. The highest BCUT2D eigenvalue weighted by atomic mass is 32.2. The highest BCUT2D eigenvalue weighted by Crippen LogP contribution is 2.33. The molecular weight excluding hydrogens is 260 g/mol. The van der Waals surface area contributed by atoms with Gasteiger partial charge in [-0.15, -0.1) is 11.8 Å². The summed E-state index contributed by atoms with van der Waals surface area (Å²) in [4.78, 5) is 3.36. The molecule has 0 spiro atoms. The summed E-state index contributed by atoms with van der Waals surface area (Å²) in [6.45, 7) is 2.97. The zero-order valence-corrected chi connectivity index (χ0v) is 12.7. The zero-order valence-electron chi connectivity index (χ0n) is 11.9. The van der Waals surface area contributed by atoms with Crippen molar-refractivity contribution in [1.82, 2.24) is 0 Å². The van der Waals surface area contributed by atoms with Crippen molar-refractivity contribution in [3.63, 3.8) is 0 Å². The summed E-state index contributed by atoms with van der Waals surface area (Å²) < 4.78 is 0. The van der Waals surface area contributed by atoms with Crippen molar-refractivity contribution in [2.75, 3.05) is 17.7 Å². The van der Waals surface area contributed by atoms with Crippen LogP contribution in [0.1, 0.15) is 6.92 Å². The number of hydrogen-bond acceptors (Lipinski definition) is 2. The number of allylic oxidation sites excluding steroid dienone is 4. The molecule has 4 radical (unpaired) electrons. The number of hydrogen-bond donors (Lipinski definition) is 0. The lowest BCUT2D eigenvalue weighted by molar-refractivity contribution is 0.971. The van der Waals surface area contributed by atoms with Gasteiger partial charge in [0.2, 0.25) is 0 Å². The third-order valence-electron chi connectivity index (χ3n) is 3.22. The minimum Gasteiger partial charge on any atom is -0.341 e. The normalized spacial score (nSPS) is 18.7.